The van der Waals surface area contributed by atoms with Crippen LogP contribution < -0.4 is 5.32 Å². The second-order valence-corrected chi connectivity index (χ2v) is 7.45. The molecule has 0 radical (unpaired) electrons. The van der Waals surface area contributed by atoms with E-state index >= 15 is 0 Å². The molecule has 0 saturated heterocycles. The second kappa shape index (κ2) is 9.25. The van der Waals surface area contributed by atoms with Crippen molar-refractivity contribution < 1.29 is 14.3 Å². The number of anilines is 1. The summed E-state index contributed by atoms with van der Waals surface area (Å²) in [6.45, 7) is 7.24. The Hall–Kier alpha value is -2.63. The van der Waals surface area contributed by atoms with Crippen molar-refractivity contribution in [3.8, 4) is 0 Å². The summed E-state index contributed by atoms with van der Waals surface area (Å²) in [5, 5.41) is 3.73. The van der Waals surface area contributed by atoms with E-state index in [9.17, 15) is 9.59 Å². The minimum Gasteiger partial charge on any atom is -0.382 e. The Morgan fingerprint density at radius 1 is 1.03 bits per heavy atom. The molecule has 29 heavy (non-hydrogen) atoms. The number of rotatable bonds is 8. The van der Waals surface area contributed by atoms with Gasteiger partial charge in [-0.25, -0.2) is 0 Å². The maximum atomic E-state index is 13.2. The van der Waals surface area contributed by atoms with Crippen LogP contribution in [-0.4, -0.2) is 36.5 Å². The molecule has 2 aromatic carbocycles. The lowest BCUT2D eigenvalue weighted by Gasteiger charge is -2.15. The molecule has 2 amide bonds. The van der Waals surface area contributed by atoms with Gasteiger partial charge in [-0.2, -0.15) is 0 Å². The third kappa shape index (κ3) is 4.69. The molecule has 0 bridgehead atoms. The molecule has 1 heterocycles. The van der Waals surface area contributed by atoms with Crippen molar-refractivity contribution in [2.75, 3.05) is 25.1 Å². The number of hydrogen-bond donors (Lipinski definition) is 1. The zero-order valence-electron chi connectivity index (χ0n) is 16.9. The van der Waals surface area contributed by atoms with Crippen molar-refractivity contribution in [3.05, 3.63) is 69.9 Å². The van der Waals surface area contributed by atoms with E-state index < -0.39 is 0 Å². The quantitative estimate of drug-likeness (QED) is 0.509. The minimum atomic E-state index is -0.332. The maximum Gasteiger partial charge on any atom is 0.278 e. The van der Waals surface area contributed by atoms with Crippen molar-refractivity contribution in [1.82, 2.24) is 4.90 Å². The number of carbonyl (C=O) groups is 2. The van der Waals surface area contributed by atoms with Crippen LogP contribution in [0.3, 0.4) is 0 Å². The van der Waals surface area contributed by atoms with Crippen LogP contribution in [0.4, 0.5) is 5.69 Å². The largest absolute Gasteiger partial charge is 0.382 e. The molecular formula is C23H25ClN2O3. The fraction of sp³-hybridized carbons (Fsp3) is 0.304. The first kappa shape index (κ1) is 21.1. The number of nitrogens with one attached hydrogen (secondary N) is 1. The van der Waals surface area contributed by atoms with Gasteiger partial charge in [-0.15, -0.1) is 0 Å². The van der Waals surface area contributed by atoms with Crippen molar-refractivity contribution in [2.24, 2.45) is 0 Å². The predicted molar refractivity (Wildman–Crippen MR) is 116 cm³/mol. The number of benzene rings is 2. The molecule has 1 N–H and O–H groups in total. The van der Waals surface area contributed by atoms with Crippen LogP contribution in [0, 0.1) is 13.8 Å². The van der Waals surface area contributed by atoms with E-state index in [1.54, 1.807) is 12.1 Å². The first-order chi connectivity index (χ1) is 13.9. The highest BCUT2D eigenvalue weighted by Gasteiger charge is 2.39. The zero-order chi connectivity index (χ0) is 21.0. The Balaban J connectivity index is 1.97. The number of halogens is 1. The summed E-state index contributed by atoms with van der Waals surface area (Å²) in [5.41, 5.74) is 4.09. The van der Waals surface area contributed by atoms with Gasteiger partial charge >= 0.3 is 0 Å². The summed E-state index contributed by atoms with van der Waals surface area (Å²) in [7, 11) is 0. The summed E-state index contributed by atoms with van der Waals surface area (Å²) >= 11 is 6.13. The number of aryl methyl sites for hydroxylation is 2. The van der Waals surface area contributed by atoms with Crippen molar-refractivity contribution in [1.29, 1.82) is 0 Å². The average Bonchev–Trinajstić information content (AvgIpc) is 2.93. The Morgan fingerprint density at radius 3 is 2.45 bits per heavy atom. The van der Waals surface area contributed by atoms with E-state index in [1.165, 1.54) is 4.90 Å². The summed E-state index contributed by atoms with van der Waals surface area (Å²) in [5.74, 6) is -0.626. The highest BCUT2D eigenvalue weighted by Crippen LogP contribution is 2.32. The standard InChI is InChI=1S/C23H25ClN2O3/c1-4-29-13-5-12-26-22(27)20(17-9-6-15(2)7-10-17)21(23(26)28)25-19-14-18(24)11-8-16(19)3/h6-11,14,25H,4-5,12-13H2,1-3H3. The van der Waals surface area contributed by atoms with Gasteiger partial charge in [-0.3, -0.25) is 14.5 Å². The molecule has 6 heteroatoms. The molecule has 0 spiro atoms. The van der Waals surface area contributed by atoms with E-state index in [4.69, 9.17) is 16.3 Å². The number of amides is 2. The summed E-state index contributed by atoms with van der Waals surface area (Å²) in [6, 6.07) is 13.0. The summed E-state index contributed by atoms with van der Waals surface area (Å²) < 4.78 is 5.35. The lowest BCUT2D eigenvalue weighted by molar-refractivity contribution is -0.137. The molecule has 0 unspecified atom stereocenters. The maximum absolute atomic E-state index is 13.2. The number of ether oxygens (including phenoxy) is 1. The Morgan fingerprint density at radius 2 is 1.76 bits per heavy atom. The molecule has 2 aromatic rings. The lowest BCUT2D eigenvalue weighted by atomic mass is 10.0. The number of imide groups is 1. The summed E-state index contributed by atoms with van der Waals surface area (Å²) in [6.07, 6.45) is 0.593. The van der Waals surface area contributed by atoms with Crippen LogP contribution in [0.25, 0.3) is 5.57 Å². The Bertz CT molecular complexity index is 951. The molecule has 0 aliphatic carbocycles. The van der Waals surface area contributed by atoms with E-state index in [2.05, 4.69) is 5.32 Å². The number of hydrogen-bond acceptors (Lipinski definition) is 4. The highest BCUT2D eigenvalue weighted by atomic mass is 35.5. The molecule has 0 atom stereocenters. The van der Waals surface area contributed by atoms with Crippen LogP contribution in [0.15, 0.2) is 48.2 Å². The van der Waals surface area contributed by atoms with Crippen LogP contribution in [0.1, 0.15) is 30.0 Å². The van der Waals surface area contributed by atoms with Gasteiger partial charge in [0.15, 0.2) is 0 Å². The molecule has 152 valence electrons. The fourth-order valence-corrected chi connectivity index (χ4v) is 3.39. The normalized spacial score (nSPS) is 14.1. The summed E-state index contributed by atoms with van der Waals surface area (Å²) in [4.78, 5) is 27.6. The van der Waals surface area contributed by atoms with Gasteiger partial charge in [0.25, 0.3) is 11.8 Å². The molecule has 5 nitrogen and oxygen atoms in total. The first-order valence-corrected chi connectivity index (χ1v) is 10.1. The Kier molecular flexibility index (Phi) is 6.72. The molecule has 3 rings (SSSR count). The van der Waals surface area contributed by atoms with Gasteiger partial charge in [-0.05, 0) is 50.5 Å². The topological polar surface area (TPSA) is 58.6 Å². The van der Waals surface area contributed by atoms with Gasteiger partial charge in [-0.1, -0.05) is 47.5 Å². The van der Waals surface area contributed by atoms with Crippen molar-refractivity contribution >= 4 is 34.7 Å². The molecule has 0 saturated carbocycles. The van der Waals surface area contributed by atoms with E-state index in [-0.39, 0.29) is 17.5 Å². The monoisotopic (exact) mass is 412 g/mol. The molecule has 0 aromatic heterocycles. The van der Waals surface area contributed by atoms with Gasteiger partial charge in [0.1, 0.15) is 5.70 Å². The predicted octanol–water partition coefficient (Wildman–Crippen LogP) is 4.58. The minimum absolute atomic E-state index is 0.278. The number of carbonyl (C=O) groups excluding carboxylic acids is 2. The fourth-order valence-electron chi connectivity index (χ4n) is 3.22. The van der Waals surface area contributed by atoms with Crippen LogP contribution in [-0.2, 0) is 14.3 Å². The van der Waals surface area contributed by atoms with Gasteiger partial charge in [0.2, 0.25) is 0 Å². The number of nitrogens with zero attached hydrogens (tertiary/aromatic N) is 1. The Labute approximate surface area is 176 Å². The SMILES string of the molecule is CCOCCCN1C(=O)C(Nc2cc(Cl)ccc2C)=C(c2ccc(C)cc2)C1=O. The van der Waals surface area contributed by atoms with E-state index in [0.29, 0.717) is 48.0 Å². The van der Waals surface area contributed by atoms with Crippen LogP contribution in [0.5, 0.6) is 0 Å². The molecule has 1 aliphatic rings. The van der Waals surface area contributed by atoms with Crippen molar-refractivity contribution in [3.63, 3.8) is 0 Å². The smallest absolute Gasteiger partial charge is 0.278 e. The van der Waals surface area contributed by atoms with E-state index in [1.807, 2.05) is 51.1 Å². The van der Waals surface area contributed by atoms with Gasteiger partial charge < -0.3 is 10.1 Å². The van der Waals surface area contributed by atoms with E-state index in [0.717, 1.165) is 11.1 Å². The highest BCUT2D eigenvalue weighted by molar-refractivity contribution is 6.36. The lowest BCUT2D eigenvalue weighted by Crippen LogP contribution is -2.34. The third-order valence-electron chi connectivity index (χ3n) is 4.84. The molecule has 1 aliphatic heterocycles. The van der Waals surface area contributed by atoms with Gasteiger partial charge in [0, 0.05) is 30.5 Å². The van der Waals surface area contributed by atoms with Crippen LogP contribution >= 0.6 is 11.6 Å². The average molecular weight is 413 g/mol. The molecular weight excluding hydrogens is 388 g/mol. The van der Waals surface area contributed by atoms with Gasteiger partial charge in [0.05, 0.1) is 5.57 Å². The second-order valence-electron chi connectivity index (χ2n) is 7.01. The molecule has 0 fully saturated rings. The zero-order valence-corrected chi connectivity index (χ0v) is 17.7. The van der Waals surface area contributed by atoms with Crippen LogP contribution in [0.2, 0.25) is 5.02 Å². The first-order valence-electron chi connectivity index (χ1n) is 9.70. The van der Waals surface area contributed by atoms with Crippen molar-refractivity contribution in [2.45, 2.75) is 27.2 Å². The third-order valence-corrected chi connectivity index (χ3v) is 5.08.